The van der Waals surface area contributed by atoms with Crippen LogP contribution in [0.25, 0.3) is 5.57 Å². The first kappa shape index (κ1) is 20.1. The minimum atomic E-state index is -4.80. The third-order valence-corrected chi connectivity index (χ3v) is 4.76. The number of carboxylic acid groups (broad SMARTS) is 1. The number of fused-ring (bicyclic) bond motifs is 2. The molecule has 14 heteroatoms. The van der Waals surface area contributed by atoms with Crippen molar-refractivity contribution < 1.29 is 31.9 Å². The van der Waals surface area contributed by atoms with Crippen LogP contribution in [0.5, 0.6) is 0 Å². The average molecular weight is 399 g/mol. The molecular formula is C11H12N4NaO7S2. The molecule has 1 atom stereocenters. The molecule has 1 aromatic heterocycles. The van der Waals surface area contributed by atoms with Crippen LogP contribution >= 0.6 is 11.3 Å². The summed E-state index contributed by atoms with van der Waals surface area (Å²) in [6, 6.07) is -1.35. The third-order valence-electron chi connectivity index (χ3n) is 3.34. The summed E-state index contributed by atoms with van der Waals surface area (Å²) < 4.78 is 34.7. The molecule has 1 unspecified atom stereocenters. The maximum atomic E-state index is 12.0. The average Bonchev–Trinajstić information content (AvgIpc) is 3.04. The van der Waals surface area contributed by atoms with E-state index in [0.29, 0.717) is 20.5 Å². The molecule has 3 heterocycles. The van der Waals surface area contributed by atoms with Gasteiger partial charge in [-0.25, -0.2) is 14.6 Å². The van der Waals surface area contributed by atoms with E-state index in [-0.39, 0.29) is 49.2 Å². The van der Waals surface area contributed by atoms with Gasteiger partial charge >= 0.3 is 22.5 Å². The molecule has 3 amide bonds. The van der Waals surface area contributed by atoms with Crippen LogP contribution in [0, 0.1) is 0 Å². The monoisotopic (exact) mass is 399 g/mol. The molecule has 1 aromatic rings. The van der Waals surface area contributed by atoms with Crippen molar-refractivity contribution in [3.63, 3.8) is 0 Å². The minimum absolute atomic E-state index is 0. The summed E-state index contributed by atoms with van der Waals surface area (Å²) in [4.78, 5) is 28.8. The maximum Gasteiger partial charge on any atom is 0.418 e. The number of hydroxylamine groups is 2. The van der Waals surface area contributed by atoms with Crippen molar-refractivity contribution in [3.8, 4) is 0 Å². The molecule has 2 bridgehead atoms. The van der Waals surface area contributed by atoms with E-state index in [1.54, 1.807) is 6.08 Å². The van der Waals surface area contributed by atoms with Gasteiger partial charge in [0.1, 0.15) is 5.01 Å². The molecule has 1 saturated heterocycles. The van der Waals surface area contributed by atoms with E-state index in [2.05, 4.69) is 14.6 Å². The Morgan fingerprint density at radius 1 is 1.52 bits per heavy atom. The molecule has 131 valence electrons. The number of amides is 3. The Morgan fingerprint density at radius 3 is 2.88 bits per heavy atom. The zero-order valence-corrected chi connectivity index (χ0v) is 16.6. The quantitative estimate of drug-likeness (QED) is 0.454. The number of carbonyl (C=O) groups is 2. The second kappa shape index (κ2) is 7.57. The van der Waals surface area contributed by atoms with Gasteiger partial charge in [0.25, 0.3) is 0 Å². The van der Waals surface area contributed by atoms with E-state index in [0.717, 1.165) is 0 Å². The van der Waals surface area contributed by atoms with Crippen molar-refractivity contribution in [1.29, 1.82) is 0 Å². The molecule has 1 fully saturated rings. The van der Waals surface area contributed by atoms with Gasteiger partial charge in [0.05, 0.1) is 19.1 Å². The summed E-state index contributed by atoms with van der Waals surface area (Å²) in [5.74, 6) is 0. The topological polar surface area (TPSA) is 149 Å². The van der Waals surface area contributed by atoms with Crippen molar-refractivity contribution in [2.24, 2.45) is 0 Å². The summed E-state index contributed by atoms with van der Waals surface area (Å²) in [6.45, 7) is 0.557. The number of carbonyl (C=O) groups excluding carboxylic acids is 1. The van der Waals surface area contributed by atoms with Crippen molar-refractivity contribution in [2.75, 3.05) is 13.1 Å². The second-order valence-corrected chi connectivity index (χ2v) is 7.16. The first-order valence-electron chi connectivity index (χ1n) is 6.60. The molecule has 1 radical (unpaired) electrons. The van der Waals surface area contributed by atoms with E-state index in [4.69, 9.17) is 9.66 Å². The number of nitrogens with zero attached hydrogens (tertiary/aromatic N) is 3. The number of hydrogen-bond acceptors (Lipinski definition) is 7. The molecule has 2 aliphatic heterocycles. The van der Waals surface area contributed by atoms with E-state index >= 15 is 0 Å². The van der Waals surface area contributed by atoms with Gasteiger partial charge in [-0.2, -0.15) is 13.5 Å². The first-order valence-corrected chi connectivity index (χ1v) is 8.79. The van der Waals surface area contributed by atoms with Gasteiger partial charge in [-0.1, -0.05) is 0 Å². The fourth-order valence-corrected chi connectivity index (χ4v) is 3.67. The second-order valence-electron chi connectivity index (χ2n) is 5.04. The van der Waals surface area contributed by atoms with Crippen LogP contribution in [-0.2, 0) is 21.2 Å². The molecule has 0 spiro atoms. The smallest absolute Gasteiger partial charge is 0.418 e. The SMILES string of the molecule is O=C(O)NCc1cnc(C2=CC3CN(C2)C(=O)N3OS(=O)(=O)O)s1.[Na]. The maximum absolute atomic E-state index is 12.0. The van der Waals surface area contributed by atoms with Crippen molar-refractivity contribution in [2.45, 2.75) is 12.6 Å². The number of hydrogen-bond donors (Lipinski definition) is 3. The molecule has 0 saturated carbocycles. The predicted octanol–water partition coefficient (Wildman–Crippen LogP) is -0.232. The van der Waals surface area contributed by atoms with E-state index < -0.39 is 28.6 Å². The number of nitrogens with one attached hydrogen (secondary N) is 1. The number of aromatic nitrogens is 1. The van der Waals surface area contributed by atoms with Gasteiger partial charge in [-0.05, 0) is 6.08 Å². The van der Waals surface area contributed by atoms with E-state index in [9.17, 15) is 18.0 Å². The normalized spacial score (nSPS) is 19.5. The van der Waals surface area contributed by atoms with Gasteiger partial charge in [-0.3, -0.25) is 4.55 Å². The third kappa shape index (κ3) is 4.69. The zero-order chi connectivity index (χ0) is 17.5. The molecule has 3 rings (SSSR count). The van der Waals surface area contributed by atoms with Crippen molar-refractivity contribution in [3.05, 3.63) is 22.2 Å². The number of thiazole rings is 1. The van der Waals surface area contributed by atoms with Crippen LogP contribution in [-0.4, -0.2) is 93.8 Å². The van der Waals surface area contributed by atoms with Gasteiger partial charge in [-0.15, -0.1) is 15.6 Å². The van der Waals surface area contributed by atoms with Gasteiger partial charge in [0, 0.05) is 52.7 Å². The van der Waals surface area contributed by atoms with Gasteiger partial charge < -0.3 is 15.3 Å². The Kier molecular flexibility index (Phi) is 6.09. The van der Waals surface area contributed by atoms with Crippen molar-refractivity contribution in [1.82, 2.24) is 20.3 Å². The Hall–Kier alpha value is -1.22. The summed E-state index contributed by atoms with van der Waals surface area (Å²) in [7, 11) is -4.80. The molecule has 25 heavy (non-hydrogen) atoms. The summed E-state index contributed by atoms with van der Waals surface area (Å²) in [5, 5.41) is 12.0. The van der Waals surface area contributed by atoms with Crippen LogP contribution in [0.15, 0.2) is 12.3 Å². The first-order chi connectivity index (χ1) is 11.2. The van der Waals surface area contributed by atoms with E-state index in [1.165, 1.54) is 22.4 Å². The fourth-order valence-electron chi connectivity index (χ4n) is 2.43. The molecule has 2 aliphatic rings. The molecular weight excluding hydrogens is 387 g/mol. The van der Waals surface area contributed by atoms with Crippen LogP contribution < -0.4 is 5.32 Å². The zero-order valence-electron chi connectivity index (χ0n) is 12.9. The molecule has 0 aromatic carbocycles. The molecule has 0 aliphatic carbocycles. The molecule has 3 N–H and O–H groups in total. The van der Waals surface area contributed by atoms with Gasteiger partial charge in [0.15, 0.2) is 0 Å². The van der Waals surface area contributed by atoms with E-state index in [1.807, 2.05) is 0 Å². The van der Waals surface area contributed by atoms with Crippen LogP contribution in [0.4, 0.5) is 9.59 Å². The van der Waals surface area contributed by atoms with Gasteiger partial charge in [0.2, 0.25) is 0 Å². The Morgan fingerprint density at radius 2 is 2.24 bits per heavy atom. The van der Waals surface area contributed by atoms with Crippen LogP contribution in [0.2, 0.25) is 0 Å². The Bertz CT molecular complexity index is 824. The number of urea groups is 1. The van der Waals surface area contributed by atoms with Crippen LogP contribution in [0.3, 0.4) is 0 Å². The number of rotatable bonds is 5. The Labute approximate surface area is 168 Å². The minimum Gasteiger partial charge on any atom is -0.465 e. The predicted molar refractivity (Wildman–Crippen MR) is 85.9 cm³/mol. The standard InChI is InChI=1S/C11H12N4O7S2.Na/c16-10(17)13-3-8-2-12-9(23-8)6-1-7-5-14(4-6)11(18)15(7)22-24(19,20)21;/h1-2,7,13H,3-5H2,(H,16,17)(H,19,20,21);. The Balaban J connectivity index is 0.00000225. The summed E-state index contributed by atoms with van der Waals surface area (Å²) in [6.07, 6.45) is 2.02. The van der Waals surface area contributed by atoms with Crippen LogP contribution in [0.1, 0.15) is 9.88 Å². The van der Waals surface area contributed by atoms with Crippen molar-refractivity contribution >= 4 is 69.0 Å². The summed E-state index contributed by atoms with van der Waals surface area (Å²) in [5.41, 5.74) is 0.688. The largest absolute Gasteiger partial charge is 0.465 e. The fraction of sp³-hybridized carbons (Fsp3) is 0.364. The summed E-state index contributed by atoms with van der Waals surface area (Å²) >= 11 is 1.26. The molecule has 11 nitrogen and oxygen atoms in total.